The Morgan fingerprint density at radius 2 is 1.60 bits per heavy atom. The van der Waals surface area contributed by atoms with Gasteiger partial charge in [-0.05, 0) is 20.8 Å². The number of hydrogen-bond acceptors (Lipinski definition) is 6. The fraction of sp³-hybridized carbons (Fsp3) is 0.318. The zero-order valence-corrected chi connectivity index (χ0v) is 17.8. The number of benzene rings is 1. The lowest BCUT2D eigenvalue weighted by molar-refractivity contribution is -0.146. The van der Waals surface area contributed by atoms with E-state index in [1.807, 2.05) is 30.3 Å². The molecule has 0 saturated heterocycles. The second kappa shape index (κ2) is 9.78. The van der Waals surface area contributed by atoms with Crippen LogP contribution in [0.2, 0.25) is 0 Å². The number of anilines is 1. The van der Waals surface area contributed by atoms with Crippen molar-refractivity contribution in [2.45, 2.75) is 20.8 Å². The van der Waals surface area contributed by atoms with E-state index in [1.54, 1.807) is 39.4 Å². The van der Waals surface area contributed by atoms with E-state index in [9.17, 15) is 19.5 Å². The first kappa shape index (κ1) is 22.7. The van der Waals surface area contributed by atoms with Crippen LogP contribution in [0.5, 0.6) is 0 Å². The zero-order valence-electron chi connectivity index (χ0n) is 17.8. The summed E-state index contributed by atoms with van der Waals surface area (Å²) in [6.07, 6.45) is 1.25. The predicted octanol–water partition coefficient (Wildman–Crippen LogP) is 3.15. The molecule has 0 saturated carbocycles. The van der Waals surface area contributed by atoms with E-state index < -0.39 is 17.9 Å². The van der Waals surface area contributed by atoms with E-state index in [0.717, 1.165) is 5.56 Å². The van der Waals surface area contributed by atoms with Gasteiger partial charge in [0, 0.05) is 31.6 Å². The molecule has 0 amide bonds. The number of esters is 2. The lowest BCUT2D eigenvalue weighted by Crippen LogP contribution is -2.23. The summed E-state index contributed by atoms with van der Waals surface area (Å²) in [5, 5.41) is 9.86. The van der Waals surface area contributed by atoms with E-state index in [4.69, 9.17) is 9.47 Å². The van der Waals surface area contributed by atoms with E-state index in [-0.39, 0.29) is 24.4 Å². The molecule has 2 aromatic rings. The number of nitrogens with zero attached hydrogens (tertiary/aromatic N) is 2. The standard InChI is InChI=1S/C22H26N2O6/c1-6-29-21(27)16(22(28)30-7-2)13-23(4)19-17(20(25)26)14(3)24(5)18(19)15-11-9-8-10-12-15/h8-13H,6-7H2,1-5H3,(H,25,26). The number of carbonyl (C=O) groups excluding carboxylic acids is 2. The van der Waals surface area contributed by atoms with Crippen LogP contribution in [0.1, 0.15) is 29.9 Å². The Bertz CT molecular complexity index is 955. The SMILES string of the molecule is CCOC(=O)C(=CN(C)c1c(C(=O)O)c(C)n(C)c1-c1ccccc1)C(=O)OCC. The number of carboxylic acids is 1. The van der Waals surface area contributed by atoms with Crippen molar-refractivity contribution in [1.29, 1.82) is 0 Å². The van der Waals surface area contributed by atoms with Crippen LogP contribution in [0.25, 0.3) is 11.3 Å². The molecule has 0 bridgehead atoms. The largest absolute Gasteiger partial charge is 0.478 e. The molecule has 8 heteroatoms. The topological polar surface area (TPSA) is 98.1 Å². The second-order valence-corrected chi connectivity index (χ2v) is 6.48. The third-order valence-corrected chi connectivity index (χ3v) is 4.59. The van der Waals surface area contributed by atoms with Crippen LogP contribution in [0.4, 0.5) is 5.69 Å². The average molecular weight is 414 g/mol. The summed E-state index contributed by atoms with van der Waals surface area (Å²) < 4.78 is 11.7. The third kappa shape index (κ3) is 4.53. The molecule has 1 N–H and O–H groups in total. The van der Waals surface area contributed by atoms with Crippen LogP contribution in [0.3, 0.4) is 0 Å². The quantitative estimate of drug-likeness (QED) is 0.307. The third-order valence-electron chi connectivity index (χ3n) is 4.59. The van der Waals surface area contributed by atoms with Crippen molar-refractivity contribution < 1.29 is 29.0 Å². The Kier molecular flexibility index (Phi) is 7.41. The number of hydrogen-bond donors (Lipinski definition) is 1. The Morgan fingerprint density at radius 1 is 1.07 bits per heavy atom. The normalized spacial score (nSPS) is 10.3. The van der Waals surface area contributed by atoms with Gasteiger partial charge in [0.15, 0.2) is 5.57 Å². The van der Waals surface area contributed by atoms with E-state index in [2.05, 4.69) is 0 Å². The Balaban J connectivity index is 2.72. The van der Waals surface area contributed by atoms with Gasteiger partial charge in [-0.3, -0.25) is 0 Å². The first-order valence-corrected chi connectivity index (χ1v) is 9.51. The lowest BCUT2D eigenvalue weighted by atomic mass is 10.1. The fourth-order valence-corrected chi connectivity index (χ4v) is 3.17. The monoisotopic (exact) mass is 414 g/mol. The summed E-state index contributed by atoms with van der Waals surface area (Å²) in [5.41, 5.74) is 2.06. The molecular formula is C22H26N2O6. The molecular weight excluding hydrogens is 388 g/mol. The summed E-state index contributed by atoms with van der Waals surface area (Å²) in [4.78, 5) is 38.2. The molecule has 8 nitrogen and oxygen atoms in total. The number of carboxylic acid groups (broad SMARTS) is 1. The van der Waals surface area contributed by atoms with Crippen LogP contribution in [-0.2, 0) is 26.1 Å². The highest BCUT2D eigenvalue weighted by Gasteiger charge is 2.28. The molecule has 2 rings (SSSR count). The minimum absolute atomic E-state index is 0.0715. The van der Waals surface area contributed by atoms with Crippen molar-refractivity contribution in [3.05, 3.63) is 53.4 Å². The van der Waals surface area contributed by atoms with Crippen molar-refractivity contribution in [3.8, 4) is 11.3 Å². The van der Waals surface area contributed by atoms with E-state index in [0.29, 0.717) is 17.1 Å². The molecule has 0 aliphatic carbocycles. The summed E-state index contributed by atoms with van der Waals surface area (Å²) >= 11 is 0. The van der Waals surface area contributed by atoms with Gasteiger partial charge in [-0.2, -0.15) is 0 Å². The summed E-state index contributed by atoms with van der Waals surface area (Å²) in [6.45, 7) is 5.12. The average Bonchev–Trinajstić information content (AvgIpc) is 2.98. The highest BCUT2D eigenvalue weighted by Crippen LogP contribution is 2.38. The van der Waals surface area contributed by atoms with Crippen LogP contribution in [0.15, 0.2) is 42.1 Å². The van der Waals surface area contributed by atoms with E-state index in [1.165, 1.54) is 11.1 Å². The zero-order chi connectivity index (χ0) is 22.4. The van der Waals surface area contributed by atoms with Crippen molar-refractivity contribution in [1.82, 2.24) is 4.57 Å². The number of ether oxygens (including phenoxy) is 2. The van der Waals surface area contributed by atoms with Gasteiger partial charge in [-0.1, -0.05) is 30.3 Å². The molecule has 1 aromatic heterocycles. The summed E-state index contributed by atoms with van der Waals surface area (Å²) in [6, 6.07) is 9.28. The molecule has 0 fully saturated rings. The molecule has 0 atom stereocenters. The van der Waals surface area contributed by atoms with Crippen molar-refractivity contribution in [2.75, 3.05) is 25.2 Å². The lowest BCUT2D eigenvalue weighted by Gasteiger charge is -2.19. The summed E-state index contributed by atoms with van der Waals surface area (Å²) in [5.74, 6) is -2.79. The van der Waals surface area contributed by atoms with Gasteiger partial charge in [0.25, 0.3) is 0 Å². The Hall–Kier alpha value is -3.55. The molecule has 1 heterocycles. The van der Waals surface area contributed by atoms with Gasteiger partial charge in [0.1, 0.15) is 5.56 Å². The van der Waals surface area contributed by atoms with Gasteiger partial charge >= 0.3 is 17.9 Å². The number of aromatic carboxylic acids is 1. The molecule has 0 spiro atoms. The molecule has 0 aliphatic heterocycles. The van der Waals surface area contributed by atoms with Crippen LogP contribution >= 0.6 is 0 Å². The number of rotatable bonds is 8. The predicted molar refractivity (Wildman–Crippen MR) is 112 cm³/mol. The minimum atomic E-state index is -1.12. The van der Waals surface area contributed by atoms with Gasteiger partial charge < -0.3 is 24.0 Å². The molecule has 0 radical (unpaired) electrons. The first-order valence-electron chi connectivity index (χ1n) is 9.51. The van der Waals surface area contributed by atoms with Gasteiger partial charge in [-0.15, -0.1) is 0 Å². The van der Waals surface area contributed by atoms with Crippen molar-refractivity contribution in [3.63, 3.8) is 0 Å². The van der Waals surface area contributed by atoms with Gasteiger partial charge in [0.05, 0.1) is 24.6 Å². The highest BCUT2D eigenvalue weighted by atomic mass is 16.6. The van der Waals surface area contributed by atoms with Gasteiger partial charge in [-0.25, -0.2) is 14.4 Å². The van der Waals surface area contributed by atoms with Crippen molar-refractivity contribution >= 4 is 23.6 Å². The molecule has 1 aromatic carbocycles. The van der Waals surface area contributed by atoms with Crippen molar-refractivity contribution in [2.24, 2.45) is 7.05 Å². The Labute approximate surface area is 175 Å². The van der Waals surface area contributed by atoms with Crippen LogP contribution in [0, 0.1) is 6.92 Å². The van der Waals surface area contributed by atoms with Crippen LogP contribution < -0.4 is 4.90 Å². The van der Waals surface area contributed by atoms with E-state index >= 15 is 0 Å². The van der Waals surface area contributed by atoms with Gasteiger partial charge in [0.2, 0.25) is 0 Å². The summed E-state index contributed by atoms with van der Waals surface area (Å²) in [7, 11) is 3.34. The molecule has 160 valence electrons. The maximum absolute atomic E-state index is 12.3. The maximum Gasteiger partial charge on any atom is 0.347 e. The highest BCUT2D eigenvalue weighted by molar-refractivity contribution is 6.14. The first-order chi connectivity index (χ1) is 14.2. The minimum Gasteiger partial charge on any atom is -0.478 e. The molecule has 0 aliphatic rings. The number of aromatic nitrogens is 1. The fourth-order valence-electron chi connectivity index (χ4n) is 3.17. The van der Waals surface area contributed by atoms with Crippen LogP contribution in [-0.4, -0.2) is 47.8 Å². The maximum atomic E-state index is 12.3. The molecule has 0 unspecified atom stereocenters. The second-order valence-electron chi connectivity index (χ2n) is 6.48. The Morgan fingerprint density at radius 3 is 2.07 bits per heavy atom. The molecule has 30 heavy (non-hydrogen) atoms. The smallest absolute Gasteiger partial charge is 0.347 e. The number of carbonyl (C=O) groups is 3.